The molecule has 0 fully saturated rings. The number of nitro groups is 1. The van der Waals surface area contributed by atoms with Crippen molar-refractivity contribution in [3.05, 3.63) is 52.1 Å². The third kappa shape index (κ3) is 3.06. The zero-order valence-electron chi connectivity index (χ0n) is 9.57. The van der Waals surface area contributed by atoms with Gasteiger partial charge in [-0.2, -0.15) is 0 Å². The summed E-state index contributed by atoms with van der Waals surface area (Å²) in [4.78, 5) is 24.1. The number of hydrogen-bond acceptors (Lipinski definition) is 6. The van der Waals surface area contributed by atoms with Crippen LogP contribution >= 0.6 is 0 Å². The fourth-order valence-corrected chi connectivity index (χ4v) is 1.38. The molecule has 2 rings (SSSR count). The van der Waals surface area contributed by atoms with Crippen molar-refractivity contribution < 1.29 is 19.2 Å². The summed E-state index contributed by atoms with van der Waals surface area (Å²) in [6.45, 7) is 0.257. The lowest BCUT2D eigenvalue weighted by molar-refractivity contribution is -0.389. The van der Waals surface area contributed by atoms with E-state index < -0.39 is 10.9 Å². The van der Waals surface area contributed by atoms with Crippen molar-refractivity contribution in [1.82, 2.24) is 4.98 Å². The van der Waals surface area contributed by atoms with Crippen LogP contribution in [0.5, 0.6) is 0 Å². The highest BCUT2D eigenvalue weighted by atomic mass is 16.6. The number of carbonyl (C=O) groups is 1. The van der Waals surface area contributed by atoms with Crippen molar-refractivity contribution in [3.63, 3.8) is 0 Å². The van der Waals surface area contributed by atoms with Crippen LogP contribution in [-0.2, 0) is 6.54 Å². The van der Waals surface area contributed by atoms with Gasteiger partial charge in [0.25, 0.3) is 0 Å². The highest BCUT2D eigenvalue weighted by Gasteiger charge is 2.09. The van der Waals surface area contributed by atoms with Crippen molar-refractivity contribution in [2.45, 2.75) is 6.54 Å². The molecule has 0 aliphatic carbocycles. The standard InChI is InChI=1S/C11H9N3O5/c15-11(16)9-3-2-8(19-9)6-12-7-1-4-10(13-5-7)14(17)18/h1-5,12H,6H2,(H,15,16). The lowest BCUT2D eigenvalue weighted by Gasteiger charge is -2.01. The van der Waals surface area contributed by atoms with Crippen LogP contribution in [0.15, 0.2) is 34.9 Å². The Morgan fingerprint density at radius 2 is 2.21 bits per heavy atom. The molecule has 2 aromatic heterocycles. The molecule has 8 nitrogen and oxygen atoms in total. The molecule has 19 heavy (non-hydrogen) atoms. The monoisotopic (exact) mass is 263 g/mol. The number of pyridine rings is 1. The Bertz CT molecular complexity index is 605. The van der Waals surface area contributed by atoms with Crippen molar-refractivity contribution in [1.29, 1.82) is 0 Å². The van der Waals surface area contributed by atoms with Crippen molar-refractivity contribution in [2.75, 3.05) is 5.32 Å². The molecule has 2 heterocycles. The molecule has 0 unspecified atom stereocenters. The summed E-state index contributed by atoms with van der Waals surface area (Å²) in [5.41, 5.74) is 0.568. The first-order chi connectivity index (χ1) is 9.06. The van der Waals surface area contributed by atoms with E-state index >= 15 is 0 Å². The molecule has 0 saturated carbocycles. The van der Waals surface area contributed by atoms with Gasteiger partial charge in [0.2, 0.25) is 5.76 Å². The van der Waals surface area contributed by atoms with Crippen molar-refractivity contribution >= 4 is 17.5 Å². The molecular weight excluding hydrogens is 254 g/mol. The summed E-state index contributed by atoms with van der Waals surface area (Å²) in [6.07, 6.45) is 1.32. The van der Waals surface area contributed by atoms with E-state index in [1.165, 1.54) is 30.5 Å². The summed E-state index contributed by atoms with van der Waals surface area (Å²) in [5, 5.41) is 22.0. The van der Waals surface area contributed by atoms with E-state index in [0.29, 0.717) is 11.4 Å². The predicted octanol–water partition coefficient (Wildman–Crippen LogP) is 1.89. The van der Waals surface area contributed by atoms with Crippen LogP contribution in [0.2, 0.25) is 0 Å². The van der Waals surface area contributed by atoms with Gasteiger partial charge < -0.3 is 25.0 Å². The van der Waals surface area contributed by atoms with Crippen LogP contribution in [0.25, 0.3) is 0 Å². The number of nitrogens with one attached hydrogen (secondary N) is 1. The number of rotatable bonds is 5. The van der Waals surface area contributed by atoms with Gasteiger partial charge in [-0.15, -0.1) is 0 Å². The fraction of sp³-hybridized carbons (Fsp3) is 0.0909. The second-order valence-electron chi connectivity index (χ2n) is 3.59. The van der Waals surface area contributed by atoms with E-state index in [0.717, 1.165) is 0 Å². The Balaban J connectivity index is 1.97. The highest BCUT2D eigenvalue weighted by molar-refractivity contribution is 5.84. The topological polar surface area (TPSA) is 118 Å². The molecule has 0 aliphatic heterocycles. The van der Waals surface area contributed by atoms with Gasteiger partial charge in [-0.3, -0.25) is 0 Å². The molecule has 2 aromatic rings. The minimum Gasteiger partial charge on any atom is -0.475 e. The normalized spacial score (nSPS) is 10.1. The Hall–Kier alpha value is -2.90. The maximum absolute atomic E-state index is 10.6. The van der Waals surface area contributed by atoms with Gasteiger partial charge in [-0.05, 0) is 28.1 Å². The molecular formula is C11H9N3O5. The summed E-state index contributed by atoms with van der Waals surface area (Å²) in [6, 6.07) is 5.67. The molecule has 0 bridgehead atoms. The quantitative estimate of drug-likeness (QED) is 0.624. The second-order valence-corrected chi connectivity index (χ2v) is 3.59. The maximum Gasteiger partial charge on any atom is 0.371 e. The summed E-state index contributed by atoms with van der Waals surface area (Å²) in [5.74, 6) is -1.07. The van der Waals surface area contributed by atoms with Crippen LogP contribution in [0.1, 0.15) is 16.3 Å². The van der Waals surface area contributed by atoms with Gasteiger partial charge in [0.1, 0.15) is 5.76 Å². The minimum absolute atomic E-state index is 0.140. The summed E-state index contributed by atoms with van der Waals surface area (Å²) < 4.78 is 5.04. The van der Waals surface area contributed by atoms with Crippen LogP contribution in [-0.4, -0.2) is 21.0 Å². The van der Waals surface area contributed by atoms with E-state index in [4.69, 9.17) is 9.52 Å². The third-order valence-electron chi connectivity index (χ3n) is 2.27. The summed E-state index contributed by atoms with van der Waals surface area (Å²) >= 11 is 0. The first-order valence-electron chi connectivity index (χ1n) is 5.22. The Morgan fingerprint density at radius 3 is 2.74 bits per heavy atom. The van der Waals surface area contributed by atoms with Crippen molar-refractivity contribution in [3.8, 4) is 0 Å². The smallest absolute Gasteiger partial charge is 0.371 e. The van der Waals surface area contributed by atoms with Crippen LogP contribution in [0.4, 0.5) is 11.5 Å². The van der Waals surface area contributed by atoms with Gasteiger partial charge in [-0.1, -0.05) is 0 Å². The number of furan rings is 1. The van der Waals surface area contributed by atoms with Gasteiger partial charge in [0, 0.05) is 6.07 Å². The zero-order valence-corrected chi connectivity index (χ0v) is 9.57. The lowest BCUT2D eigenvalue weighted by Crippen LogP contribution is -2.00. The SMILES string of the molecule is O=C(O)c1ccc(CNc2ccc([N+](=O)[O-])nc2)o1. The highest BCUT2D eigenvalue weighted by Crippen LogP contribution is 2.14. The average molecular weight is 263 g/mol. The van der Waals surface area contributed by atoms with Gasteiger partial charge >= 0.3 is 11.8 Å². The molecule has 0 radical (unpaired) electrons. The second kappa shape index (κ2) is 5.17. The Labute approximate surface area is 106 Å². The largest absolute Gasteiger partial charge is 0.475 e. The Kier molecular flexibility index (Phi) is 3.42. The maximum atomic E-state index is 10.6. The van der Waals surface area contributed by atoms with E-state index in [9.17, 15) is 14.9 Å². The van der Waals surface area contributed by atoms with Crippen molar-refractivity contribution in [2.24, 2.45) is 0 Å². The molecule has 0 amide bonds. The molecule has 0 atom stereocenters. The van der Waals surface area contributed by atoms with Crippen LogP contribution in [0, 0.1) is 10.1 Å². The van der Waals surface area contributed by atoms with E-state index in [1.807, 2.05) is 0 Å². The summed E-state index contributed by atoms with van der Waals surface area (Å²) in [7, 11) is 0. The van der Waals surface area contributed by atoms with Crippen LogP contribution < -0.4 is 5.32 Å². The molecule has 0 saturated heterocycles. The van der Waals surface area contributed by atoms with Gasteiger partial charge in [-0.25, -0.2) is 4.79 Å². The average Bonchev–Trinajstić information content (AvgIpc) is 2.86. The first-order valence-corrected chi connectivity index (χ1v) is 5.22. The van der Waals surface area contributed by atoms with E-state index in [2.05, 4.69) is 10.3 Å². The number of aromatic nitrogens is 1. The third-order valence-corrected chi connectivity index (χ3v) is 2.27. The lowest BCUT2D eigenvalue weighted by atomic mass is 10.3. The first kappa shape index (κ1) is 12.6. The number of nitrogens with zero attached hydrogens (tertiary/aromatic N) is 2. The Morgan fingerprint density at radius 1 is 1.42 bits per heavy atom. The van der Waals surface area contributed by atoms with Gasteiger partial charge in [0.15, 0.2) is 6.20 Å². The van der Waals surface area contributed by atoms with E-state index in [1.54, 1.807) is 0 Å². The number of hydrogen-bond donors (Lipinski definition) is 2. The number of carboxylic acids is 1. The minimum atomic E-state index is -1.14. The molecule has 8 heteroatoms. The molecule has 0 spiro atoms. The predicted molar refractivity (Wildman–Crippen MR) is 63.9 cm³/mol. The zero-order chi connectivity index (χ0) is 13.8. The number of aromatic carboxylic acids is 1. The van der Waals surface area contributed by atoms with E-state index in [-0.39, 0.29) is 18.1 Å². The van der Waals surface area contributed by atoms with Crippen LogP contribution in [0.3, 0.4) is 0 Å². The molecule has 0 aliphatic rings. The molecule has 98 valence electrons. The molecule has 0 aromatic carbocycles. The molecule has 2 N–H and O–H groups in total. The van der Waals surface area contributed by atoms with Gasteiger partial charge in [0.05, 0.1) is 12.2 Å². The fourth-order valence-electron chi connectivity index (χ4n) is 1.38. The number of anilines is 1. The number of carboxylic acid groups (broad SMARTS) is 1.